The van der Waals surface area contributed by atoms with Gasteiger partial charge in [0.05, 0.1) is 5.41 Å². The van der Waals surface area contributed by atoms with E-state index in [1.54, 1.807) is 18.7 Å². The first kappa shape index (κ1) is 15.5. The van der Waals surface area contributed by atoms with E-state index in [4.69, 9.17) is 0 Å². The van der Waals surface area contributed by atoms with Crippen molar-refractivity contribution in [3.63, 3.8) is 0 Å². The highest BCUT2D eigenvalue weighted by Gasteiger charge is 2.40. The molecule has 1 unspecified atom stereocenters. The number of likely N-dealkylation sites (tertiary alicyclic amines) is 1. The summed E-state index contributed by atoms with van der Waals surface area (Å²) in [6.07, 6.45) is 1.71. The van der Waals surface area contributed by atoms with Gasteiger partial charge in [0.2, 0.25) is 0 Å². The van der Waals surface area contributed by atoms with Crippen molar-refractivity contribution in [1.82, 2.24) is 4.90 Å². The van der Waals surface area contributed by atoms with Crippen LogP contribution in [-0.2, 0) is 4.79 Å². The van der Waals surface area contributed by atoms with Crippen molar-refractivity contribution in [2.45, 2.75) is 26.7 Å². The third-order valence-corrected chi connectivity index (χ3v) is 5.92. The number of thiophene rings is 1. The molecule has 110 valence electrons. The molecule has 1 atom stereocenters. The summed E-state index contributed by atoms with van der Waals surface area (Å²) in [5, 5.41) is 11.2. The lowest BCUT2D eigenvalue weighted by atomic mass is 9.74. The van der Waals surface area contributed by atoms with Crippen molar-refractivity contribution >= 4 is 39.1 Å². The van der Waals surface area contributed by atoms with Crippen LogP contribution in [0.3, 0.4) is 0 Å². The molecule has 2 heterocycles. The number of halogens is 1. The quantitative estimate of drug-likeness (QED) is 0.898. The zero-order valence-electron chi connectivity index (χ0n) is 11.6. The molecule has 1 N–H and O–H groups in total. The number of nitrogens with zero attached hydrogens (tertiary/aromatic N) is 1. The molecule has 0 bridgehead atoms. The molecule has 1 aromatic heterocycles. The number of aliphatic carboxylic acids is 1. The molecule has 2 rings (SSSR count). The fraction of sp³-hybridized carbons (Fsp3) is 0.571. The van der Waals surface area contributed by atoms with Crippen LogP contribution >= 0.6 is 27.3 Å². The second kappa shape index (κ2) is 5.85. The van der Waals surface area contributed by atoms with E-state index in [1.165, 1.54) is 11.3 Å². The third-order valence-electron chi connectivity index (χ3n) is 4.09. The van der Waals surface area contributed by atoms with Gasteiger partial charge in [-0.25, -0.2) is 0 Å². The summed E-state index contributed by atoms with van der Waals surface area (Å²) < 4.78 is 0.812. The highest BCUT2D eigenvalue weighted by Crippen LogP contribution is 2.35. The molecule has 0 radical (unpaired) electrons. The summed E-state index contributed by atoms with van der Waals surface area (Å²) in [6, 6.07) is 1.86. The van der Waals surface area contributed by atoms with Crippen LogP contribution in [0.1, 0.15) is 36.4 Å². The molecule has 1 saturated heterocycles. The van der Waals surface area contributed by atoms with Gasteiger partial charge in [-0.05, 0) is 60.0 Å². The van der Waals surface area contributed by atoms with E-state index < -0.39 is 11.4 Å². The van der Waals surface area contributed by atoms with Gasteiger partial charge in [-0.1, -0.05) is 0 Å². The van der Waals surface area contributed by atoms with Crippen molar-refractivity contribution in [1.29, 1.82) is 0 Å². The first-order valence-electron chi connectivity index (χ1n) is 6.59. The van der Waals surface area contributed by atoms with Crippen LogP contribution < -0.4 is 0 Å². The monoisotopic (exact) mass is 359 g/mol. The Morgan fingerprint density at radius 2 is 2.20 bits per heavy atom. The second-order valence-corrected chi connectivity index (χ2v) is 7.49. The molecule has 0 aromatic carbocycles. The van der Waals surface area contributed by atoms with Gasteiger partial charge in [-0.15, -0.1) is 11.3 Å². The summed E-state index contributed by atoms with van der Waals surface area (Å²) in [6.45, 7) is 4.71. The lowest BCUT2D eigenvalue weighted by Crippen LogP contribution is -2.46. The van der Waals surface area contributed by atoms with Gasteiger partial charge in [-0.2, -0.15) is 0 Å². The van der Waals surface area contributed by atoms with E-state index in [0.29, 0.717) is 18.0 Å². The van der Waals surface area contributed by atoms with Crippen LogP contribution in [0.4, 0.5) is 0 Å². The number of rotatable bonds is 3. The van der Waals surface area contributed by atoms with E-state index in [0.717, 1.165) is 17.3 Å². The lowest BCUT2D eigenvalue weighted by molar-refractivity contribution is -0.151. The number of carboxylic acid groups (broad SMARTS) is 1. The first-order chi connectivity index (χ1) is 9.34. The number of piperidine rings is 1. The van der Waals surface area contributed by atoms with Gasteiger partial charge in [0.15, 0.2) is 0 Å². The van der Waals surface area contributed by atoms with E-state index in [2.05, 4.69) is 15.9 Å². The summed E-state index contributed by atoms with van der Waals surface area (Å²) in [7, 11) is 0. The number of carbonyl (C=O) groups excluding carboxylic acids is 1. The van der Waals surface area contributed by atoms with Crippen molar-refractivity contribution in [2.75, 3.05) is 13.1 Å². The molecule has 1 aliphatic rings. The van der Waals surface area contributed by atoms with Crippen molar-refractivity contribution < 1.29 is 14.7 Å². The molecular formula is C14H18BrNO3S. The number of amides is 1. The van der Waals surface area contributed by atoms with Crippen LogP contribution in [-0.4, -0.2) is 35.0 Å². The number of hydrogen-bond acceptors (Lipinski definition) is 3. The van der Waals surface area contributed by atoms with Crippen molar-refractivity contribution in [3.05, 3.63) is 20.8 Å². The Morgan fingerprint density at radius 3 is 2.75 bits per heavy atom. The van der Waals surface area contributed by atoms with Crippen LogP contribution in [0.25, 0.3) is 0 Å². The van der Waals surface area contributed by atoms with Gasteiger partial charge in [-0.3, -0.25) is 9.59 Å². The minimum absolute atomic E-state index is 0.00207. The zero-order valence-corrected chi connectivity index (χ0v) is 14.0. The lowest BCUT2D eigenvalue weighted by Gasteiger charge is -2.39. The maximum atomic E-state index is 12.5. The molecule has 0 saturated carbocycles. The van der Waals surface area contributed by atoms with Gasteiger partial charge in [0, 0.05) is 17.6 Å². The maximum Gasteiger partial charge on any atom is 0.309 e. The Bertz CT molecular complexity index is 526. The first-order valence-corrected chi connectivity index (χ1v) is 8.27. The maximum absolute atomic E-state index is 12.5. The van der Waals surface area contributed by atoms with Crippen molar-refractivity contribution in [2.24, 2.45) is 11.3 Å². The highest BCUT2D eigenvalue weighted by molar-refractivity contribution is 9.10. The minimum atomic E-state index is -0.800. The minimum Gasteiger partial charge on any atom is -0.481 e. The fourth-order valence-corrected chi connectivity index (χ4v) is 4.02. The van der Waals surface area contributed by atoms with E-state index in [1.807, 2.05) is 11.4 Å². The van der Waals surface area contributed by atoms with Gasteiger partial charge < -0.3 is 10.0 Å². The number of carbonyl (C=O) groups is 2. The van der Waals surface area contributed by atoms with Crippen LogP contribution in [0, 0.1) is 11.3 Å². The molecule has 20 heavy (non-hydrogen) atoms. The fourth-order valence-electron chi connectivity index (χ4n) is 2.52. The molecule has 1 aliphatic heterocycles. The van der Waals surface area contributed by atoms with Gasteiger partial charge >= 0.3 is 5.97 Å². The predicted molar refractivity (Wildman–Crippen MR) is 82.1 cm³/mol. The van der Waals surface area contributed by atoms with Crippen molar-refractivity contribution in [3.8, 4) is 0 Å². The summed E-state index contributed by atoms with van der Waals surface area (Å²) >= 11 is 4.79. The summed E-state index contributed by atoms with van der Waals surface area (Å²) in [5.74, 6) is -0.802. The zero-order chi connectivity index (χ0) is 14.9. The Kier molecular flexibility index (Phi) is 4.54. The molecule has 0 spiro atoms. The Labute approximate surface area is 130 Å². The summed E-state index contributed by atoms with van der Waals surface area (Å²) in [5.41, 5.74) is -0.800. The van der Waals surface area contributed by atoms with Crippen LogP contribution in [0.5, 0.6) is 0 Å². The second-order valence-electron chi connectivity index (χ2n) is 5.71. The number of carboxylic acids is 1. The molecular weight excluding hydrogens is 342 g/mol. The SMILES string of the molecule is CC(C)(C(=O)O)C1CCCN(C(=O)c2sccc2Br)C1. The van der Waals surface area contributed by atoms with E-state index >= 15 is 0 Å². The van der Waals surface area contributed by atoms with Crippen LogP contribution in [0.15, 0.2) is 15.9 Å². The highest BCUT2D eigenvalue weighted by atomic mass is 79.9. The summed E-state index contributed by atoms with van der Waals surface area (Å²) in [4.78, 5) is 26.3. The van der Waals surface area contributed by atoms with Gasteiger partial charge in [0.25, 0.3) is 5.91 Å². The topological polar surface area (TPSA) is 57.6 Å². The van der Waals surface area contributed by atoms with E-state index in [9.17, 15) is 14.7 Å². The normalized spacial score (nSPS) is 19.9. The average molecular weight is 360 g/mol. The Hall–Kier alpha value is -0.880. The standard InChI is InChI=1S/C14H18BrNO3S/c1-14(2,13(18)19)9-4-3-6-16(8-9)12(17)11-10(15)5-7-20-11/h5,7,9H,3-4,6,8H2,1-2H3,(H,18,19). The molecule has 1 amide bonds. The largest absolute Gasteiger partial charge is 0.481 e. The van der Waals surface area contributed by atoms with Crippen LogP contribution in [0.2, 0.25) is 0 Å². The molecule has 4 nitrogen and oxygen atoms in total. The predicted octanol–water partition coefficient (Wildman–Crippen LogP) is 3.47. The Morgan fingerprint density at radius 1 is 1.50 bits per heavy atom. The smallest absolute Gasteiger partial charge is 0.309 e. The number of hydrogen-bond donors (Lipinski definition) is 1. The van der Waals surface area contributed by atoms with E-state index in [-0.39, 0.29) is 11.8 Å². The molecule has 0 aliphatic carbocycles. The average Bonchev–Trinajstić information content (AvgIpc) is 2.84. The molecule has 1 fully saturated rings. The third kappa shape index (κ3) is 2.91. The molecule has 1 aromatic rings. The molecule has 6 heteroatoms. The van der Waals surface area contributed by atoms with Gasteiger partial charge in [0.1, 0.15) is 4.88 Å². The Balaban J connectivity index is 2.13.